The number of nitrogens with zero attached hydrogens (tertiary/aromatic N) is 3. The van der Waals surface area contributed by atoms with E-state index in [2.05, 4.69) is 20.7 Å². The summed E-state index contributed by atoms with van der Waals surface area (Å²) in [7, 11) is 1.61. The summed E-state index contributed by atoms with van der Waals surface area (Å²) in [6, 6.07) is -0.396. The molecule has 2 heterocycles. The number of hydrazine groups is 1. The van der Waals surface area contributed by atoms with Gasteiger partial charge in [0.2, 0.25) is 5.91 Å². The molecule has 1 fully saturated rings. The third-order valence-electron chi connectivity index (χ3n) is 3.32. The molecule has 1 aliphatic rings. The zero-order chi connectivity index (χ0) is 14.7. The van der Waals surface area contributed by atoms with Gasteiger partial charge < -0.3 is 20.4 Å². The van der Waals surface area contributed by atoms with Crippen LogP contribution in [0.5, 0.6) is 0 Å². The van der Waals surface area contributed by atoms with Crippen LogP contribution in [0.2, 0.25) is 0 Å². The first kappa shape index (κ1) is 14.5. The van der Waals surface area contributed by atoms with Crippen LogP contribution in [0, 0.1) is 13.8 Å². The van der Waals surface area contributed by atoms with Crippen LogP contribution in [0.25, 0.3) is 0 Å². The van der Waals surface area contributed by atoms with E-state index in [4.69, 9.17) is 10.6 Å². The molecule has 8 nitrogen and oxygen atoms in total. The largest absolute Gasteiger partial charge is 0.377 e. The number of nitrogens with two attached hydrogens (primary N) is 1. The Kier molecular flexibility index (Phi) is 4.35. The van der Waals surface area contributed by atoms with E-state index in [1.807, 2.05) is 11.8 Å². The van der Waals surface area contributed by atoms with Gasteiger partial charge in [0.05, 0.1) is 13.2 Å². The number of aryl methyl sites for hydroxylation is 1. The van der Waals surface area contributed by atoms with Gasteiger partial charge in [0.25, 0.3) is 0 Å². The number of hydrogen-bond acceptors (Lipinski definition) is 7. The smallest absolute Gasteiger partial charge is 0.244 e. The van der Waals surface area contributed by atoms with E-state index in [0.717, 1.165) is 5.56 Å². The molecule has 0 spiro atoms. The van der Waals surface area contributed by atoms with Crippen molar-refractivity contribution in [2.24, 2.45) is 5.84 Å². The van der Waals surface area contributed by atoms with Crippen LogP contribution in [0.15, 0.2) is 0 Å². The van der Waals surface area contributed by atoms with Crippen molar-refractivity contribution < 1.29 is 9.53 Å². The monoisotopic (exact) mass is 280 g/mol. The zero-order valence-corrected chi connectivity index (χ0v) is 11.9. The molecule has 1 aromatic rings. The molecule has 2 rings (SSSR count). The second kappa shape index (κ2) is 6.02. The average Bonchev–Trinajstić information content (AvgIpc) is 2.48. The normalized spacial score (nSPS) is 18.8. The van der Waals surface area contributed by atoms with Gasteiger partial charge in [0.15, 0.2) is 0 Å². The van der Waals surface area contributed by atoms with Crippen molar-refractivity contribution in [2.75, 3.05) is 37.1 Å². The van der Waals surface area contributed by atoms with Crippen molar-refractivity contribution in [3.63, 3.8) is 0 Å². The van der Waals surface area contributed by atoms with Gasteiger partial charge in [-0.1, -0.05) is 0 Å². The molecule has 0 aromatic carbocycles. The second-order valence-electron chi connectivity index (χ2n) is 4.61. The van der Waals surface area contributed by atoms with Crippen LogP contribution in [-0.4, -0.2) is 48.7 Å². The molecule has 8 heteroatoms. The molecule has 1 aromatic heterocycles. The molecule has 0 aliphatic carbocycles. The summed E-state index contributed by atoms with van der Waals surface area (Å²) >= 11 is 0. The number of carbonyl (C=O) groups excluding carboxylic acids is 1. The lowest BCUT2D eigenvalue weighted by molar-refractivity contribution is -0.124. The quantitative estimate of drug-likeness (QED) is 0.498. The van der Waals surface area contributed by atoms with Gasteiger partial charge in [0.1, 0.15) is 23.5 Å². The number of rotatable bonds is 3. The molecule has 110 valence electrons. The molecule has 1 atom stereocenters. The summed E-state index contributed by atoms with van der Waals surface area (Å²) in [5.41, 5.74) is 3.38. The number of amides is 1. The van der Waals surface area contributed by atoms with E-state index in [-0.39, 0.29) is 5.91 Å². The Morgan fingerprint density at radius 2 is 2.20 bits per heavy atom. The maximum atomic E-state index is 12.0. The molecule has 0 radical (unpaired) electrons. The highest BCUT2D eigenvalue weighted by atomic mass is 16.5. The molecule has 1 unspecified atom stereocenters. The van der Waals surface area contributed by atoms with Crippen molar-refractivity contribution in [3.8, 4) is 0 Å². The van der Waals surface area contributed by atoms with Gasteiger partial charge in [-0.25, -0.2) is 15.8 Å². The van der Waals surface area contributed by atoms with E-state index in [1.165, 1.54) is 0 Å². The fourth-order valence-electron chi connectivity index (χ4n) is 2.27. The maximum absolute atomic E-state index is 12.0. The van der Waals surface area contributed by atoms with Gasteiger partial charge >= 0.3 is 0 Å². The second-order valence-corrected chi connectivity index (χ2v) is 4.61. The topological polar surface area (TPSA) is 105 Å². The number of anilines is 2. The molecule has 1 amide bonds. The molecular formula is C12H20N6O2. The highest BCUT2D eigenvalue weighted by molar-refractivity contribution is 5.85. The van der Waals surface area contributed by atoms with Crippen LogP contribution in [-0.2, 0) is 9.53 Å². The van der Waals surface area contributed by atoms with Crippen molar-refractivity contribution in [2.45, 2.75) is 19.9 Å². The van der Waals surface area contributed by atoms with E-state index >= 15 is 0 Å². The number of likely N-dealkylation sites (N-methyl/N-ethyl adjacent to an activating group) is 1. The van der Waals surface area contributed by atoms with E-state index in [1.54, 1.807) is 14.0 Å². The lowest BCUT2D eigenvalue weighted by Gasteiger charge is -2.36. The standard InChI is InChI=1S/C12H20N6O2/c1-7-10(17-13)15-8(2)16-11(7)18-4-5-20-6-9(18)12(19)14-3/h9H,4-6,13H2,1-3H3,(H,14,19)(H,15,16,17). The van der Waals surface area contributed by atoms with Crippen LogP contribution in [0.4, 0.5) is 11.6 Å². The Labute approximate surface area is 117 Å². The van der Waals surface area contributed by atoms with Crippen LogP contribution in [0.1, 0.15) is 11.4 Å². The van der Waals surface area contributed by atoms with Crippen molar-refractivity contribution in [1.29, 1.82) is 0 Å². The summed E-state index contributed by atoms with van der Waals surface area (Å²) in [6.07, 6.45) is 0. The van der Waals surface area contributed by atoms with E-state index in [0.29, 0.717) is 37.2 Å². The Morgan fingerprint density at radius 3 is 2.85 bits per heavy atom. The minimum Gasteiger partial charge on any atom is -0.377 e. The van der Waals surface area contributed by atoms with Gasteiger partial charge in [-0.2, -0.15) is 0 Å². The molecule has 1 saturated heterocycles. The Bertz CT molecular complexity index is 507. The molecule has 0 saturated carbocycles. The van der Waals surface area contributed by atoms with Crippen LogP contribution >= 0.6 is 0 Å². The van der Waals surface area contributed by atoms with Crippen molar-refractivity contribution in [1.82, 2.24) is 15.3 Å². The summed E-state index contributed by atoms with van der Waals surface area (Å²) in [4.78, 5) is 22.6. The lowest BCUT2D eigenvalue weighted by Crippen LogP contribution is -2.54. The zero-order valence-electron chi connectivity index (χ0n) is 11.9. The lowest BCUT2D eigenvalue weighted by atomic mass is 10.1. The Morgan fingerprint density at radius 1 is 1.45 bits per heavy atom. The Balaban J connectivity index is 2.42. The molecule has 0 bridgehead atoms. The number of carbonyl (C=O) groups is 1. The molecular weight excluding hydrogens is 260 g/mol. The first-order chi connectivity index (χ1) is 9.58. The first-order valence-electron chi connectivity index (χ1n) is 6.46. The third kappa shape index (κ3) is 2.66. The summed E-state index contributed by atoms with van der Waals surface area (Å²) in [5, 5.41) is 2.65. The third-order valence-corrected chi connectivity index (χ3v) is 3.32. The van der Waals surface area contributed by atoms with E-state index < -0.39 is 6.04 Å². The predicted molar refractivity (Wildman–Crippen MR) is 75.3 cm³/mol. The SMILES string of the molecule is CNC(=O)C1COCCN1c1nc(C)nc(NN)c1C. The van der Waals surface area contributed by atoms with Crippen molar-refractivity contribution in [3.05, 3.63) is 11.4 Å². The van der Waals surface area contributed by atoms with Crippen molar-refractivity contribution >= 4 is 17.5 Å². The van der Waals surface area contributed by atoms with Gasteiger partial charge in [0, 0.05) is 19.2 Å². The summed E-state index contributed by atoms with van der Waals surface area (Å²) in [5.74, 6) is 7.25. The van der Waals surface area contributed by atoms with Gasteiger partial charge in [-0.05, 0) is 13.8 Å². The minimum absolute atomic E-state index is 0.0948. The minimum atomic E-state index is -0.396. The van der Waals surface area contributed by atoms with E-state index in [9.17, 15) is 4.79 Å². The van der Waals surface area contributed by atoms with Gasteiger partial charge in [-0.3, -0.25) is 4.79 Å². The fourth-order valence-corrected chi connectivity index (χ4v) is 2.27. The van der Waals surface area contributed by atoms with Crippen LogP contribution in [0.3, 0.4) is 0 Å². The Hall–Kier alpha value is -1.93. The highest BCUT2D eigenvalue weighted by Crippen LogP contribution is 2.26. The summed E-state index contributed by atoms with van der Waals surface area (Å²) < 4.78 is 5.40. The highest BCUT2D eigenvalue weighted by Gasteiger charge is 2.31. The maximum Gasteiger partial charge on any atom is 0.244 e. The predicted octanol–water partition coefficient (Wildman–Crippen LogP) is -0.670. The molecule has 1 aliphatic heterocycles. The summed E-state index contributed by atoms with van der Waals surface area (Å²) in [6.45, 7) is 5.16. The number of ether oxygens (including phenoxy) is 1. The number of nitrogens with one attached hydrogen (secondary N) is 2. The average molecular weight is 280 g/mol. The number of morpholine rings is 1. The van der Waals surface area contributed by atoms with Gasteiger partial charge in [-0.15, -0.1) is 0 Å². The number of hydrogen-bond donors (Lipinski definition) is 3. The number of aromatic nitrogens is 2. The van der Waals surface area contributed by atoms with Crippen LogP contribution < -0.4 is 21.5 Å². The molecule has 20 heavy (non-hydrogen) atoms. The molecule has 4 N–H and O–H groups in total. The fraction of sp³-hybridized carbons (Fsp3) is 0.583. The number of nitrogen functional groups attached to an aromatic ring is 1. The first-order valence-corrected chi connectivity index (χ1v) is 6.46.